The molecule has 0 spiro atoms. The largest absolute Gasteiger partial charge is 0.390 e. The van der Waals surface area contributed by atoms with Crippen molar-refractivity contribution in [3.05, 3.63) is 157 Å². The highest BCUT2D eigenvalue weighted by molar-refractivity contribution is 6.04. The fourth-order valence-corrected chi connectivity index (χ4v) is 5.76. The summed E-state index contributed by atoms with van der Waals surface area (Å²) in [4.78, 5) is 19.0. The number of hydrogen-bond acceptors (Lipinski definition) is 4. The molecule has 2 N–H and O–H groups in total. The van der Waals surface area contributed by atoms with Crippen molar-refractivity contribution in [1.29, 1.82) is 0 Å². The Hall–Kier alpha value is -6.20. The second-order valence-electron chi connectivity index (χ2n) is 10.9. The molecule has 0 bridgehead atoms. The van der Waals surface area contributed by atoms with Crippen molar-refractivity contribution >= 4 is 22.8 Å². The van der Waals surface area contributed by atoms with Crippen LogP contribution in [0.4, 0.5) is 0 Å². The molecule has 0 saturated carbocycles. The molecule has 6 aromatic carbocycles. The first kappa shape index (κ1) is 28.6. The van der Waals surface area contributed by atoms with Gasteiger partial charge in [0.15, 0.2) is 17.5 Å². The van der Waals surface area contributed by atoms with Crippen molar-refractivity contribution in [1.82, 2.24) is 15.0 Å². The SMILES string of the molecule is C/C=C(\N=C/N)c1ccc(-c2c(-c3ccc(-c4nc(-c5ccccc5)nc(-c5ccccc5)n4)cc3)ccc3ccccc23)cc1. The maximum Gasteiger partial charge on any atom is 0.164 e. The van der Waals surface area contributed by atoms with Crippen LogP contribution in [0.3, 0.4) is 0 Å². The number of nitrogens with zero attached hydrogens (tertiary/aromatic N) is 4. The summed E-state index contributed by atoms with van der Waals surface area (Å²) in [5.41, 5.74) is 14.8. The molecule has 0 fully saturated rings. The molecule has 0 unspecified atom stereocenters. The zero-order valence-corrected chi connectivity index (χ0v) is 25.4. The first-order valence-electron chi connectivity index (χ1n) is 15.2. The Balaban J connectivity index is 1.32. The van der Waals surface area contributed by atoms with Gasteiger partial charge >= 0.3 is 0 Å². The van der Waals surface area contributed by atoms with Gasteiger partial charge in [-0.2, -0.15) is 0 Å². The average molecular weight is 594 g/mol. The molecule has 0 radical (unpaired) electrons. The lowest BCUT2D eigenvalue weighted by Crippen LogP contribution is -2.00. The minimum Gasteiger partial charge on any atom is -0.390 e. The van der Waals surface area contributed by atoms with Crippen LogP contribution in [-0.2, 0) is 0 Å². The van der Waals surface area contributed by atoms with Gasteiger partial charge in [-0.3, -0.25) is 0 Å². The number of nitrogens with two attached hydrogens (primary N) is 1. The predicted octanol–water partition coefficient (Wildman–Crippen LogP) is 9.71. The number of rotatable bonds is 7. The fourth-order valence-electron chi connectivity index (χ4n) is 5.76. The van der Waals surface area contributed by atoms with E-state index in [1.807, 2.05) is 73.7 Å². The summed E-state index contributed by atoms with van der Waals surface area (Å²) in [6.45, 7) is 1.96. The van der Waals surface area contributed by atoms with Crippen LogP contribution in [-0.4, -0.2) is 21.3 Å². The molecule has 46 heavy (non-hydrogen) atoms. The van der Waals surface area contributed by atoms with E-state index in [1.165, 1.54) is 22.7 Å². The predicted molar refractivity (Wildman–Crippen MR) is 191 cm³/mol. The van der Waals surface area contributed by atoms with Gasteiger partial charge in [-0.05, 0) is 45.5 Å². The molecular formula is C41H31N5. The molecular weight excluding hydrogens is 562 g/mol. The summed E-state index contributed by atoms with van der Waals surface area (Å²) >= 11 is 0. The van der Waals surface area contributed by atoms with Gasteiger partial charge in [0.05, 0.1) is 12.0 Å². The lowest BCUT2D eigenvalue weighted by atomic mass is 9.89. The average Bonchev–Trinajstić information content (AvgIpc) is 3.14. The number of fused-ring (bicyclic) bond motifs is 1. The van der Waals surface area contributed by atoms with Crippen LogP contribution in [0.25, 0.3) is 72.9 Å². The third-order valence-corrected chi connectivity index (χ3v) is 8.04. The molecule has 7 rings (SSSR count). The van der Waals surface area contributed by atoms with E-state index >= 15 is 0 Å². The Kier molecular flexibility index (Phi) is 7.95. The zero-order chi connectivity index (χ0) is 31.3. The summed E-state index contributed by atoms with van der Waals surface area (Å²) in [5, 5.41) is 2.39. The Morgan fingerprint density at radius 2 is 1.02 bits per heavy atom. The molecule has 0 aliphatic heterocycles. The highest BCUT2D eigenvalue weighted by atomic mass is 15.0. The Morgan fingerprint density at radius 3 is 1.59 bits per heavy atom. The third-order valence-electron chi connectivity index (χ3n) is 8.04. The van der Waals surface area contributed by atoms with Gasteiger partial charge in [0.25, 0.3) is 0 Å². The number of hydrogen-bond donors (Lipinski definition) is 1. The highest BCUT2D eigenvalue weighted by Gasteiger charge is 2.15. The minimum absolute atomic E-state index is 0.633. The standard InChI is InChI=1S/C41H31N5/c1-2-37(43-27-42)30-19-21-31(22-20-30)38-35-16-10-9-11-28(35)25-26-36(38)29-17-23-34(24-18-29)41-45-39(32-12-5-3-6-13-32)44-40(46-41)33-14-7-4-8-15-33/h2-27H,1H3,(H2,42,43)/b37-2-. The molecule has 0 saturated heterocycles. The summed E-state index contributed by atoms with van der Waals surface area (Å²) in [5.74, 6) is 1.92. The summed E-state index contributed by atoms with van der Waals surface area (Å²) in [6, 6.07) is 50.0. The number of allylic oxidation sites excluding steroid dienone is 1. The van der Waals surface area contributed by atoms with E-state index in [4.69, 9.17) is 20.7 Å². The Morgan fingerprint density at radius 1 is 0.522 bits per heavy atom. The summed E-state index contributed by atoms with van der Waals surface area (Å²) in [6.07, 6.45) is 3.29. The number of aromatic nitrogens is 3. The number of benzene rings is 6. The van der Waals surface area contributed by atoms with E-state index in [0.717, 1.165) is 44.6 Å². The van der Waals surface area contributed by atoms with Gasteiger partial charge in [0.1, 0.15) is 0 Å². The first-order chi connectivity index (χ1) is 22.7. The van der Waals surface area contributed by atoms with Crippen LogP contribution >= 0.6 is 0 Å². The molecule has 7 aromatic rings. The van der Waals surface area contributed by atoms with E-state index in [0.29, 0.717) is 17.5 Å². The van der Waals surface area contributed by atoms with Crippen LogP contribution in [0.15, 0.2) is 157 Å². The Labute approximate surface area is 268 Å². The number of aliphatic imine (C=N–C) groups is 1. The topological polar surface area (TPSA) is 77.0 Å². The van der Waals surface area contributed by atoms with Crippen molar-refractivity contribution in [2.24, 2.45) is 10.7 Å². The quantitative estimate of drug-likeness (QED) is 0.147. The van der Waals surface area contributed by atoms with Crippen LogP contribution in [0, 0.1) is 0 Å². The van der Waals surface area contributed by atoms with Crippen molar-refractivity contribution in [2.45, 2.75) is 6.92 Å². The Bertz CT molecular complexity index is 2130. The monoisotopic (exact) mass is 593 g/mol. The lowest BCUT2D eigenvalue weighted by molar-refractivity contribution is 1.07. The molecule has 5 nitrogen and oxygen atoms in total. The maximum absolute atomic E-state index is 5.58. The molecule has 5 heteroatoms. The van der Waals surface area contributed by atoms with E-state index in [9.17, 15) is 0 Å². The second kappa shape index (κ2) is 12.8. The van der Waals surface area contributed by atoms with E-state index in [1.54, 1.807) is 0 Å². The van der Waals surface area contributed by atoms with E-state index in [2.05, 4.69) is 89.9 Å². The van der Waals surface area contributed by atoms with Crippen LogP contribution < -0.4 is 5.73 Å². The summed E-state index contributed by atoms with van der Waals surface area (Å²) < 4.78 is 0. The molecule has 0 aliphatic rings. The van der Waals surface area contributed by atoms with Gasteiger partial charge in [-0.15, -0.1) is 0 Å². The third kappa shape index (κ3) is 5.70. The van der Waals surface area contributed by atoms with E-state index in [-0.39, 0.29) is 0 Å². The molecule has 0 aliphatic carbocycles. The minimum atomic E-state index is 0.633. The van der Waals surface area contributed by atoms with Gasteiger partial charge < -0.3 is 5.73 Å². The highest BCUT2D eigenvalue weighted by Crippen LogP contribution is 2.39. The smallest absolute Gasteiger partial charge is 0.164 e. The van der Waals surface area contributed by atoms with Crippen molar-refractivity contribution in [2.75, 3.05) is 0 Å². The molecule has 1 aromatic heterocycles. The van der Waals surface area contributed by atoms with Crippen molar-refractivity contribution in [3.8, 4) is 56.4 Å². The van der Waals surface area contributed by atoms with E-state index < -0.39 is 0 Å². The van der Waals surface area contributed by atoms with Crippen LogP contribution in [0.5, 0.6) is 0 Å². The van der Waals surface area contributed by atoms with Gasteiger partial charge in [-0.25, -0.2) is 19.9 Å². The second-order valence-corrected chi connectivity index (χ2v) is 10.9. The fraction of sp³-hybridized carbons (Fsp3) is 0.0244. The normalized spacial score (nSPS) is 11.7. The van der Waals surface area contributed by atoms with Crippen LogP contribution in [0.1, 0.15) is 12.5 Å². The van der Waals surface area contributed by atoms with Gasteiger partial charge in [-0.1, -0.05) is 152 Å². The summed E-state index contributed by atoms with van der Waals surface area (Å²) in [7, 11) is 0. The van der Waals surface area contributed by atoms with Gasteiger partial charge in [0.2, 0.25) is 0 Å². The maximum atomic E-state index is 5.58. The van der Waals surface area contributed by atoms with Crippen molar-refractivity contribution < 1.29 is 0 Å². The van der Waals surface area contributed by atoms with Crippen molar-refractivity contribution in [3.63, 3.8) is 0 Å². The molecule has 1 heterocycles. The molecule has 220 valence electrons. The zero-order valence-electron chi connectivity index (χ0n) is 25.4. The van der Waals surface area contributed by atoms with Crippen LogP contribution in [0.2, 0.25) is 0 Å². The first-order valence-corrected chi connectivity index (χ1v) is 15.2. The molecule has 0 amide bonds. The lowest BCUT2D eigenvalue weighted by Gasteiger charge is -2.15. The van der Waals surface area contributed by atoms with Gasteiger partial charge in [0, 0.05) is 16.7 Å². The molecule has 0 atom stereocenters.